The second-order valence-corrected chi connectivity index (χ2v) is 4.91. The maximum atomic E-state index is 12.2. The predicted octanol–water partition coefficient (Wildman–Crippen LogP) is 0.0362. The molecule has 10 heteroatoms. The van der Waals surface area contributed by atoms with Crippen LogP contribution in [-0.2, 0) is 14.3 Å². The van der Waals surface area contributed by atoms with Crippen molar-refractivity contribution in [3.63, 3.8) is 0 Å². The minimum Gasteiger partial charge on any atom is -0.454 e. The summed E-state index contributed by atoms with van der Waals surface area (Å²) < 4.78 is 4.67. The Kier molecular flexibility index (Phi) is 5.22. The van der Waals surface area contributed by atoms with Gasteiger partial charge in [0.05, 0.1) is 10.5 Å². The molecule has 0 unspecified atom stereocenters. The fourth-order valence-corrected chi connectivity index (χ4v) is 2.17. The SMILES string of the molecule is C=CCNC(=O)COC(=O)CN1C(=O)c2cccc([N+](=O)[O-])c2C1=O. The highest BCUT2D eigenvalue weighted by Crippen LogP contribution is 2.30. The summed E-state index contributed by atoms with van der Waals surface area (Å²) in [5, 5.41) is 13.4. The van der Waals surface area contributed by atoms with Crippen LogP contribution in [0.25, 0.3) is 0 Å². The van der Waals surface area contributed by atoms with Gasteiger partial charge in [0.15, 0.2) is 6.61 Å². The van der Waals surface area contributed by atoms with Crippen LogP contribution in [0.3, 0.4) is 0 Å². The minimum atomic E-state index is -0.995. The summed E-state index contributed by atoms with van der Waals surface area (Å²) in [6, 6.07) is 3.63. The van der Waals surface area contributed by atoms with Crippen molar-refractivity contribution in [1.82, 2.24) is 10.2 Å². The molecule has 1 aromatic carbocycles. The zero-order valence-corrected chi connectivity index (χ0v) is 12.9. The van der Waals surface area contributed by atoms with Crippen LogP contribution in [0.1, 0.15) is 20.7 Å². The van der Waals surface area contributed by atoms with Crippen molar-refractivity contribution in [3.05, 3.63) is 52.1 Å². The zero-order chi connectivity index (χ0) is 18.6. The van der Waals surface area contributed by atoms with Crippen LogP contribution in [0.2, 0.25) is 0 Å². The number of fused-ring (bicyclic) bond motifs is 1. The van der Waals surface area contributed by atoms with Crippen LogP contribution < -0.4 is 5.32 Å². The van der Waals surface area contributed by atoms with E-state index >= 15 is 0 Å². The number of carbonyl (C=O) groups is 4. The number of imide groups is 1. The molecule has 2 rings (SSSR count). The average Bonchev–Trinajstić information content (AvgIpc) is 2.83. The number of nitro benzene ring substituents is 1. The first-order valence-corrected chi connectivity index (χ1v) is 7.03. The molecule has 25 heavy (non-hydrogen) atoms. The molecular formula is C15H13N3O7. The quantitative estimate of drug-likeness (QED) is 0.242. The van der Waals surface area contributed by atoms with Crippen molar-refractivity contribution < 1.29 is 28.8 Å². The fourth-order valence-electron chi connectivity index (χ4n) is 2.17. The number of carbonyl (C=O) groups excluding carboxylic acids is 4. The lowest BCUT2D eigenvalue weighted by Gasteiger charge is -2.12. The van der Waals surface area contributed by atoms with E-state index in [1.807, 2.05) is 0 Å². The first-order chi connectivity index (χ1) is 11.9. The molecule has 3 amide bonds. The second kappa shape index (κ2) is 7.34. The topological polar surface area (TPSA) is 136 Å². The lowest BCUT2D eigenvalue weighted by atomic mass is 10.1. The van der Waals surface area contributed by atoms with Gasteiger partial charge in [0.2, 0.25) is 0 Å². The van der Waals surface area contributed by atoms with Crippen LogP contribution in [0, 0.1) is 10.1 Å². The summed E-state index contributed by atoms with van der Waals surface area (Å²) in [4.78, 5) is 58.2. The normalized spacial score (nSPS) is 12.6. The monoisotopic (exact) mass is 347 g/mol. The van der Waals surface area contributed by atoms with Crippen molar-refractivity contribution in [2.45, 2.75) is 0 Å². The number of ether oxygens (including phenoxy) is 1. The van der Waals surface area contributed by atoms with Crippen molar-refractivity contribution in [2.75, 3.05) is 19.7 Å². The Morgan fingerprint density at radius 3 is 2.68 bits per heavy atom. The molecule has 0 saturated carbocycles. The van der Waals surface area contributed by atoms with Crippen molar-refractivity contribution in [3.8, 4) is 0 Å². The molecule has 0 radical (unpaired) electrons. The Labute approximate surface area is 141 Å². The molecular weight excluding hydrogens is 334 g/mol. The van der Waals surface area contributed by atoms with Gasteiger partial charge >= 0.3 is 5.97 Å². The van der Waals surface area contributed by atoms with Gasteiger partial charge in [0.25, 0.3) is 23.4 Å². The van der Waals surface area contributed by atoms with Crippen LogP contribution in [0.5, 0.6) is 0 Å². The standard InChI is InChI=1S/C15H13N3O7/c1-2-6-16-11(19)8-25-12(20)7-17-14(21)9-4-3-5-10(18(23)24)13(9)15(17)22/h2-5H,1,6-8H2,(H,16,19). The van der Waals surface area contributed by atoms with Crippen molar-refractivity contribution >= 4 is 29.4 Å². The molecule has 10 nitrogen and oxygen atoms in total. The molecule has 0 fully saturated rings. The first-order valence-electron chi connectivity index (χ1n) is 7.03. The smallest absolute Gasteiger partial charge is 0.326 e. The Hall–Kier alpha value is -3.56. The molecule has 130 valence electrons. The summed E-state index contributed by atoms with van der Waals surface area (Å²) in [6.45, 7) is 2.25. The molecule has 0 spiro atoms. The van der Waals surface area contributed by atoms with Gasteiger partial charge in [-0.3, -0.25) is 34.2 Å². The first kappa shape index (κ1) is 17.8. The van der Waals surface area contributed by atoms with Crippen molar-refractivity contribution in [2.24, 2.45) is 0 Å². The summed E-state index contributed by atoms with van der Waals surface area (Å²) in [7, 11) is 0. The number of hydrogen-bond donors (Lipinski definition) is 1. The van der Waals surface area contributed by atoms with E-state index in [2.05, 4.69) is 16.6 Å². The number of nitrogens with zero attached hydrogens (tertiary/aromatic N) is 2. The van der Waals surface area contributed by atoms with Gasteiger partial charge in [-0.2, -0.15) is 0 Å². The molecule has 1 heterocycles. The number of hydrogen-bond acceptors (Lipinski definition) is 7. The number of nitrogens with one attached hydrogen (secondary N) is 1. The van der Waals surface area contributed by atoms with Crippen LogP contribution >= 0.6 is 0 Å². The largest absolute Gasteiger partial charge is 0.454 e. The number of amides is 3. The van der Waals surface area contributed by atoms with Gasteiger partial charge in [-0.15, -0.1) is 6.58 Å². The van der Waals surface area contributed by atoms with Gasteiger partial charge in [-0.05, 0) is 6.07 Å². The van der Waals surface area contributed by atoms with E-state index in [-0.39, 0.29) is 17.7 Å². The summed E-state index contributed by atoms with van der Waals surface area (Å²) in [5.41, 5.74) is -1.04. The fraction of sp³-hybridized carbons (Fsp3) is 0.200. The Balaban J connectivity index is 2.06. The molecule has 1 N–H and O–H groups in total. The third-order valence-electron chi connectivity index (χ3n) is 3.27. The van der Waals surface area contributed by atoms with Crippen molar-refractivity contribution in [1.29, 1.82) is 0 Å². The summed E-state index contributed by atoms with van der Waals surface area (Å²) in [5.74, 6) is -3.37. The van der Waals surface area contributed by atoms with E-state index in [0.29, 0.717) is 4.90 Å². The lowest BCUT2D eigenvalue weighted by molar-refractivity contribution is -0.385. The molecule has 0 saturated heterocycles. The van der Waals surface area contributed by atoms with Gasteiger partial charge < -0.3 is 10.1 Å². The van der Waals surface area contributed by atoms with E-state index in [4.69, 9.17) is 0 Å². The maximum Gasteiger partial charge on any atom is 0.326 e. The Morgan fingerprint density at radius 2 is 2.04 bits per heavy atom. The van der Waals surface area contributed by atoms with E-state index in [0.717, 1.165) is 6.07 Å². The van der Waals surface area contributed by atoms with E-state index in [1.165, 1.54) is 18.2 Å². The van der Waals surface area contributed by atoms with Crippen LogP contribution in [-0.4, -0.2) is 53.2 Å². The highest BCUT2D eigenvalue weighted by Gasteiger charge is 2.41. The average molecular weight is 347 g/mol. The highest BCUT2D eigenvalue weighted by molar-refractivity contribution is 6.24. The van der Waals surface area contributed by atoms with Gasteiger partial charge in [0, 0.05) is 12.6 Å². The molecule has 0 aliphatic carbocycles. The highest BCUT2D eigenvalue weighted by atomic mass is 16.6. The summed E-state index contributed by atoms with van der Waals surface area (Å²) in [6.07, 6.45) is 1.44. The van der Waals surface area contributed by atoms with Gasteiger partial charge in [-0.25, -0.2) is 0 Å². The number of benzene rings is 1. The minimum absolute atomic E-state index is 0.157. The number of nitro groups is 1. The zero-order valence-electron chi connectivity index (χ0n) is 12.9. The van der Waals surface area contributed by atoms with E-state index < -0.39 is 47.5 Å². The summed E-state index contributed by atoms with van der Waals surface area (Å²) >= 11 is 0. The number of rotatable bonds is 7. The second-order valence-electron chi connectivity index (χ2n) is 4.91. The molecule has 0 aromatic heterocycles. The molecule has 0 bridgehead atoms. The Morgan fingerprint density at radius 1 is 1.32 bits per heavy atom. The van der Waals surface area contributed by atoms with E-state index in [9.17, 15) is 29.3 Å². The van der Waals surface area contributed by atoms with Crippen LogP contribution in [0.15, 0.2) is 30.9 Å². The third-order valence-corrected chi connectivity index (χ3v) is 3.27. The lowest BCUT2D eigenvalue weighted by Crippen LogP contribution is -2.37. The maximum absolute atomic E-state index is 12.2. The molecule has 1 aliphatic rings. The number of esters is 1. The Bertz CT molecular complexity index is 787. The van der Waals surface area contributed by atoms with Gasteiger partial charge in [-0.1, -0.05) is 12.1 Å². The molecule has 1 aliphatic heterocycles. The van der Waals surface area contributed by atoms with E-state index in [1.54, 1.807) is 0 Å². The third kappa shape index (κ3) is 3.68. The van der Waals surface area contributed by atoms with Crippen LogP contribution in [0.4, 0.5) is 5.69 Å². The molecule has 0 atom stereocenters. The molecule has 1 aromatic rings. The predicted molar refractivity (Wildman–Crippen MR) is 82.6 cm³/mol. The van der Waals surface area contributed by atoms with Gasteiger partial charge in [0.1, 0.15) is 12.1 Å².